The van der Waals surface area contributed by atoms with Gasteiger partial charge in [0.1, 0.15) is 5.82 Å². The highest BCUT2D eigenvalue weighted by Gasteiger charge is 2.32. The Morgan fingerprint density at radius 1 is 1.50 bits per heavy atom. The number of anilines is 1. The summed E-state index contributed by atoms with van der Waals surface area (Å²) in [6, 6.07) is 2.86. The first kappa shape index (κ1) is 15.0. The average molecular weight is 322 g/mol. The molecular formula is C14H15FN4O2S. The molecule has 3 rings (SSSR count). The second-order valence-corrected chi connectivity index (χ2v) is 5.97. The lowest BCUT2D eigenvalue weighted by Gasteiger charge is -2.34. The Balaban J connectivity index is 1.87. The maximum Gasteiger partial charge on any atom is 0.232 e. The largest absolute Gasteiger partial charge is 0.339 e. The number of aromatic nitrogens is 2. The number of carbonyl (C=O) groups excluding carboxylic acids is 1. The standard InChI is InChI=1S/C14H15FN4O2S/c1-8-3-11(15)10(4-12(8)16-7-20)13-17-14(21-18-13)9-5-19(6-9)22-2/h3-4,7,9H,5-6H2,1-2H3,(H,16,20). The minimum absolute atomic E-state index is 0.190. The van der Waals surface area contributed by atoms with E-state index in [2.05, 4.69) is 19.8 Å². The summed E-state index contributed by atoms with van der Waals surface area (Å²) in [5.74, 6) is 0.463. The van der Waals surface area contributed by atoms with E-state index in [1.807, 2.05) is 6.26 Å². The normalized spacial score (nSPS) is 15.6. The maximum absolute atomic E-state index is 14.1. The third kappa shape index (κ3) is 2.71. The summed E-state index contributed by atoms with van der Waals surface area (Å²) >= 11 is 1.67. The highest BCUT2D eigenvalue weighted by molar-refractivity contribution is 7.96. The Bertz CT molecular complexity index is 700. The van der Waals surface area contributed by atoms with Crippen LogP contribution in [0.5, 0.6) is 0 Å². The monoisotopic (exact) mass is 322 g/mol. The molecule has 2 aromatic rings. The molecule has 1 fully saturated rings. The van der Waals surface area contributed by atoms with Crippen molar-refractivity contribution < 1.29 is 13.7 Å². The third-order valence-corrected chi connectivity index (χ3v) is 4.48. The molecule has 1 amide bonds. The van der Waals surface area contributed by atoms with Gasteiger partial charge in [-0.1, -0.05) is 17.1 Å². The molecule has 6 nitrogen and oxygen atoms in total. The van der Waals surface area contributed by atoms with Gasteiger partial charge in [0.05, 0.1) is 11.5 Å². The van der Waals surface area contributed by atoms with Crippen molar-refractivity contribution in [2.45, 2.75) is 12.8 Å². The van der Waals surface area contributed by atoms with E-state index < -0.39 is 5.82 Å². The van der Waals surface area contributed by atoms with E-state index >= 15 is 0 Å². The van der Waals surface area contributed by atoms with Crippen LogP contribution in [0.2, 0.25) is 0 Å². The molecule has 1 N–H and O–H groups in total. The SMILES string of the molecule is CSN1CC(c2nc(-c3cc(NC=O)c(C)cc3F)no2)C1. The van der Waals surface area contributed by atoms with Crippen LogP contribution in [0.15, 0.2) is 16.7 Å². The second kappa shape index (κ2) is 6.05. The summed E-state index contributed by atoms with van der Waals surface area (Å²) < 4.78 is 21.6. The van der Waals surface area contributed by atoms with Crippen LogP contribution < -0.4 is 5.32 Å². The molecule has 1 saturated heterocycles. The molecule has 2 heterocycles. The van der Waals surface area contributed by atoms with Crippen molar-refractivity contribution in [1.82, 2.24) is 14.4 Å². The molecular weight excluding hydrogens is 307 g/mol. The van der Waals surface area contributed by atoms with Crippen LogP contribution >= 0.6 is 11.9 Å². The Morgan fingerprint density at radius 3 is 2.95 bits per heavy atom. The number of rotatable bonds is 5. The minimum Gasteiger partial charge on any atom is -0.339 e. The summed E-state index contributed by atoms with van der Waals surface area (Å²) in [5.41, 5.74) is 1.37. The van der Waals surface area contributed by atoms with Gasteiger partial charge in [0.25, 0.3) is 0 Å². The lowest BCUT2D eigenvalue weighted by molar-refractivity contribution is -0.105. The topological polar surface area (TPSA) is 71.3 Å². The summed E-state index contributed by atoms with van der Waals surface area (Å²) in [6.45, 7) is 3.40. The first-order valence-corrected chi connectivity index (χ1v) is 7.94. The van der Waals surface area contributed by atoms with Crippen LogP contribution in [-0.4, -0.2) is 40.2 Å². The molecule has 0 spiro atoms. The first-order valence-electron chi connectivity index (χ1n) is 6.75. The predicted octanol–water partition coefficient (Wildman–Crippen LogP) is 2.43. The van der Waals surface area contributed by atoms with E-state index in [4.69, 9.17) is 4.52 Å². The van der Waals surface area contributed by atoms with Crippen LogP contribution in [0, 0.1) is 12.7 Å². The molecule has 1 aromatic carbocycles. The smallest absolute Gasteiger partial charge is 0.232 e. The maximum atomic E-state index is 14.1. The van der Waals surface area contributed by atoms with E-state index in [0.717, 1.165) is 13.1 Å². The van der Waals surface area contributed by atoms with E-state index in [1.54, 1.807) is 18.9 Å². The van der Waals surface area contributed by atoms with Gasteiger partial charge in [-0.2, -0.15) is 4.98 Å². The molecule has 0 bridgehead atoms. The summed E-state index contributed by atoms with van der Waals surface area (Å²) in [4.78, 5) is 14.9. The lowest BCUT2D eigenvalue weighted by Crippen LogP contribution is -2.39. The third-order valence-electron chi connectivity index (χ3n) is 3.67. The number of hydrogen-bond acceptors (Lipinski definition) is 6. The van der Waals surface area contributed by atoms with Crippen molar-refractivity contribution in [3.63, 3.8) is 0 Å². The molecule has 0 atom stereocenters. The van der Waals surface area contributed by atoms with E-state index in [9.17, 15) is 9.18 Å². The molecule has 116 valence electrons. The number of amides is 1. The Hall–Kier alpha value is -1.93. The van der Waals surface area contributed by atoms with Crippen LogP contribution in [0.1, 0.15) is 17.4 Å². The summed E-state index contributed by atoms with van der Waals surface area (Å²) in [6.07, 6.45) is 2.57. The quantitative estimate of drug-likeness (QED) is 0.673. The molecule has 0 saturated carbocycles. The molecule has 0 unspecified atom stereocenters. The van der Waals surface area contributed by atoms with Crippen molar-refractivity contribution in [2.75, 3.05) is 24.7 Å². The molecule has 0 radical (unpaired) electrons. The Kier molecular flexibility index (Phi) is 4.12. The van der Waals surface area contributed by atoms with Gasteiger partial charge in [0.2, 0.25) is 18.1 Å². The van der Waals surface area contributed by atoms with Crippen molar-refractivity contribution in [3.05, 3.63) is 29.4 Å². The zero-order chi connectivity index (χ0) is 15.7. The van der Waals surface area contributed by atoms with Gasteiger partial charge in [0.15, 0.2) is 0 Å². The number of aryl methyl sites for hydroxylation is 1. The number of carbonyl (C=O) groups is 1. The lowest BCUT2D eigenvalue weighted by atomic mass is 10.0. The van der Waals surface area contributed by atoms with Gasteiger partial charge >= 0.3 is 0 Å². The number of halogens is 1. The van der Waals surface area contributed by atoms with Crippen molar-refractivity contribution in [2.24, 2.45) is 0 Å². The fourth-order valence-corrected chi connectivity index (χ4v) is 2.97. The molecule has 1 aliphatic rings. The molecule has 1 aliphatic heterocycles. The predicted molar refractivity (Wildman–Crippen MR) is 81.9 cm³/mol. The fourth-order valence-electron chi connectivity index (χ4n) is 2.32. The Morgan fingerprint density at radius 2 is 2.27 bits per heavy atom. The molecule has 22 heavy (non-hydrogen) atoms. The second-order valence-electron chi connectivity index (χ2n) is 5.09. The van der Waals surface area contributed by atoms with E-state index in [1.165, 1.54) is 12.1 Å². The van der Waals surface area contributed by atoms with Crippen molar-refractivity contribution >= 4 is 24.0 Å². The average Bonchev–Trinajstić information content (AvgIpc) is 2.90. The number of hydrogen-bond donors (Lipinski definition) is 1. The number of nitrogens with zero attached hydrogens (tertiary/aromatic N) is 3. The minimum atomic E-state index is -0.444. The highest BCUT2D eigenvalue weighted by atomic mass is 32.2. The number of nitrogens with one attached hydrogen (secondary N) is 1. The van der Waals surface area contributed by atoms with Gasteiger partial charge in [0, 0.05) is 18.8 Å². The fraction of sp³-hybridized carbons (Fsp3) is 0.357. The molecule has 8 heteroatoms. The highest BCUT2D eigenvalue weighted by Crippen LogP contribution is 2.32. The van der Waals surface area contributed by atoms with Gasteiger partial charge in [-0.15, -0.1) is 0 Å². The molecule has 0 aliphatic carbocycles. The summed E-state index contributed by atoms with van der Waals surface area (Å²) in [7, 11) is 0. The van der Waals surface area contributed by atoms with Crippen LogP contribution in [-0.2, 0) is 4.79 Å². The Labute approximate surface area is 131 Å². The van der Waals surface area contributed by atoms with Crippen LogP contribution in [0.25, 0.3) is 11.4 Å². The molecule has 1 aromatic heterocycles. The van der Waals surface area contributed by atoms with Gasteiger partial charge in [-0.3, -0.25) is 4.79 Å². The van der Waals surface area contributed by atoms with E-state index in [0.29, 0.717) is 23.6 Å². The van der Waals surface area contributed by atoms with Crippen molar-refractivity contribution in [1.29, 1.82) is 0 Å². The van der Waals surface area contributed by atoms with Gasteiger partial charge < -0.3 is 9.84 Å². The zero-order valence-electron chi connectivity index (χ0n) is 12.2. The summed E-state index contributed by atoms with van der Waals surface area (Å²) in [5, 5.41) is 6.40. The van der Waals surface area contributed by atoms with Gasteiger partial charge in [-0.25, -0.2) is 8.70 Å². The van der Waals surface area contributed by atoms with Crippen molar-refractivity contribution in [3.8, 4) is 11.4 Å². The first-order chi connectivity index (χ1) is 10.6. The van der Waals surface area contributed by atoms with Crippen LogP contribution in [0.3, 0.4) is 0 Å². The van der Waals surface area contributed by atoms with Crippen LogP contribution in [0.4, 0.5) is 10.1 Å². The van der Waals surface area contributed by atoms with Gasteiger partial charge in [-0.05, 0) is 30.9 Å². The zero-order valence-corrected chi connectivity index (χ0v) is 13.0. The van der Waals surface area contributed by atoms with E-state index in [-0.39, 0.29) is 17.3 Å². The number of benzene rings is 1.